The predicted molar refractivity (Wildman–Crippen MR) is 41.1 cm³/mol. The van der Waals surface area contributed by atoms with Crippen molar-refractivity contribution in [3.63, 3.8) is 0 Å². The van der Waals surface area contributed by atoms with Gasteiger partial charge in [0.15, 0.2) is 0 Å². The molecule has 0 amide bonds. The smallest absolute Gasteiger partial charge is 0.307 e. The van der Waals surface area contributed by atoms with Crippen LogP contribution in [0.2, 0.25) is 0 Å². The van der Waals surface area contributed by atoms with Crippen molar-refractivity contribution in [2.24, 2.45) is 0 Å². The van der Waals surface area contributed by atoms with Gasteiger partial charge in [-0.3, -0.25) is 4.79 Å². The lowest BCUT2D eigenvalue weighted by Crippen LogP contribution is -2.05. The van der Waals surface area contributed by atoms with Gasteiger partial charge in [-0.1, -0.05) is 6.08 Å². The van der Waals surface area contributed by atoms with Crippen LogP contribution in [-0.2, 0) is 9.53 Å². The number of carbonyl (C=O) groups is 1. The van der Waals surface area contributed by atoms with Gasteiger partial charge in [-0.05, 0) is 6.42 Å². The number of esters is 1. The maximum Gasteiger partial charge on any atom is 0.307 e. The summed E-state index contributed by atoms with van der Waals surface area (Å²) in [6, 6.07) is 0. The van der Waals surface area contributed by atoms with Gasteiger partial charge in [0.25, 0.3) is 0 Å². The van der Waals surface area contributed by atoms with E-state index in [1.54, 1.807) is 6.08 Å². The summed E-state index contributed by atoms with van der Waals surface area (Å²) in [5, 5.41) is 0. The summed E-state index contributed by atoms with van der Waals surface area (Å²) in [4.78, 5) is 10.6. The summed E-state index contributed by atoms with van der Waals surface area (Å²) in [6.07, 6.45) is 2.70. The average molecular weight is 163 g/mol. The minimum absolute atomic E-state index is 0.239. The second-order valence-corrected chi connectivity index (χ2v) is 2.11. The topological polar surface area (TPSA) is 26.3 Å². The van der Waals surface area contributed by atoms with Crippen molar-refractivity contribution >= 4 is 17.6 Å². The predicted octanol–water partition coefficient (Wildman–Crippen LogP) is 1.73. The third-order valence-corrected chi connectivity index (χ3v) is 1.07. The molecule has 0 radical (unpaired) electrons. The third-order valence-electron chi connectivity index (χ3n) is 0.884. The quantitative estimate of drug-likeness (QED) is 0.266. The molecule has 0 unspecified atom stereocenters. The molecule has 0 saturated carbocycles. The third kappa shape index (κ3) is 5.63. The van der Waals surface area contributed by atoms with E-state index in [-0.39, 0.29) is 5.97 Å². The van der Waals surface area contributed by atoms with Crippen LogP contribution >= 0.6 is 11.6 Å². The Hall–Kier alpha value is -0.500. The van der Waals surface area contributed by atoms with Crippen molar-refractivity contribution in [3.8, 4) is 0 Å². The van der Waals surface area contributed by atoms with Crippen molar-refractivity contribution in [2.75, 3.05) is 12.5 Å². The molecular formula is C7H11ClO2. The summed E-state index contributed by atoms with van der Waals surface area (Å²) < 4.78 is 4.73. The molecule has 0 fully saturated rings. The van der Waals surface area contributed by atoms with Crippen molar-refractivity contribution in [1.29, 1.82) is 0 Å². The van der Waals surface area contributed by atoms with Gasteiger partial charge in [-0.2, -0.15) is 0 Å². The number of halogens is 1. The number of hydrogen-bond acceptors (Lipinski definition) is 2. The lowest BCUT2D eigenvalue weighted by molar-refractivity contribution is -0.142. The Morgan fingerprint density at radius 3 is 2.90 bits per heavy atom. The van der Waals surface area contributed by atoms with Crippen molar-refractivity contribution in [3.05, 3.63) is 12.7 Å². The molecule has 0 aliphatic heterocycles. The summed E-state index contributed by atoms with van der Waals surface area (Å²) in [6.45, 7) is 3.90. The molecule has 0 aliphatic rings. The molecular weight excluding hydrogens is 152 g/mol. The van der Waals surface area contributed by atoms with E-state index in [1.165, 1.54) is 0 Å². The van der Waals surface area contributed by atoms with Crippen molar-refractivity contribution < 1.29 is 9.53 Å². The van der Waals surface area contributed by atoms with Crippen molar-refractivity contribution in [1.82, 2.24) is 0 Å². The van der Waals surface area contributed by atoms with E-state index >= 15 is 0 Å². The average Bonchev–Trinajstić information content (AvgIpc) is 1.89. The highest BCUT2D eigenvalue weighted by atomic mass is 35.5. The summed E-state index contributed by atoms with van der Waals surface area (Å²) in [7, 11) is 0. The normalized spacial score (nSPS) is 8.90. The fourth-order valence-corrected chi connectivity index (χ4v) is 0.560. The summed E-state index contributed by atoms with van der Waals surface area (Å²) >= 11 is 5.29. The van der Waals surface area contributed by atoms with Crippen LogP contribution in [0.3, 0.4) is 0 Å². The van der Waals surface area contributed by atoms with Crippen LogP contribution in [0.15, 0.2) is 12.7 Å². The Morgan fingerprint density at radius 2 is 2.40 bits per heavy atom. The molecule has 0 saturated heterocycles. The lowest BCUT2D eigenvalue weighted by atomic mass is 10.4. The Kier molecular flexibility index (Phi) is 6.29. The molecule has 0 aromatic heterocycles. The highest BCUT2D eigenvalue weighted by Gasteiger charge is 1.98. The van der Waals surface area contributed by atoms with Crippen molar-refractivity contribution in [2.45, 2.75) is 12.8 Å². The van der Waals surface area contributed by atoms with Gasteiger partial charge in [0, 0.05) is 5.88 Å². The molecule has 3 heteroatoms. The van der Waals surface area contributed by atoms with Crippen LogP contribution in [-0.4, -0.2) is 18.5 Å². The van der Waals surface area contributed by atoms with E-state index < -0.39 is 0 Å². The molecule has 0 N–H and O–H groups in total. The largest absolute Gasteiger partial charge is 0.465 e. The second kappa shape index (κ2) is 6.62. The Morgan fingerprint density at radius 1 is 1.70 bits per heavy atom. The van der Waals surface area contributed by atoms with Crippen LogP contribution in [0.5, 0.6) is 0 Å². The molecule has 58 valence electrons. The molecule has 0 aliphatic carbocycles. The van der Waals surface area contributed by atoms with Gasteiger partial charge in [0.2, 0.25) is 0 Å². The first-order valence-corrected chi connectivity index (χ1v) is 3.67. The van der Waals surface area contributed by atoms with Crippen LogP contribution in [0.25, 0.3) is 0 Å². The minimum atomic E-state index is -0.239. The van der Waals surface area contributed by atoms with Gasteiger partial charge < -0.3 is 4.74 Å². The van der Waals surface area contributed by atoms with E-state index in [4.69, 9.17) is 16.3 Å². The molecule has 0 rings (SSSR count). The molecule has 0 atom stereocenters. The van der Waals surface area contributed by atoms with Gasteiger partial charge in [-0.15, -0.1) is 18.2 Å². The number of alkyl halides is 1. The molecule has 0 heterocycles. The van der Waals surface area contributed by atoms with Gasteiger partial charge >= 0.3 is 5.97 Å². The number of carbonyl (C=O) groups excluding carboxylic acids is 1. The first-order valence-electron chi connectivity index (χ1n) is 3.13. The molecule has 0 bridgehead atoms. The van der Waals surface area contributed by atoms with E-state index in [0.717, 1.165) is 0 Å². The zero-order valence-corrected chi connectivity index (χ0v) is 6.56. The first-order chi connectivity index (χ1) is 4.81. The van der Waals surface area contributed by atoms with Crippen LogP contribution in [0.1, 0.15) is 12.8 Å². The molecule has 0 spiro atoms. The van der Waals surface area contributed by atoms with E-state index in [1.807, 2.05) is 0 Å². The molecule has 0 aromatic carbocycles. The lowest BCUT2D eigenvalue weighted by Gasteiger charge is -1.99. The summed E-state index contributed by atoms with van der Waals surface area (Å²) in [5.74, 6) is 0.0873. The Bertz CT molecular complexity index is 112. The second-order valence-electron chi connectivity index (χ2n) is 1.74. The molecule has 0 aromatic rings. The highest BCUT2D eigenvalue weighted by molar-refractivity contribution is 6.18. The highest BCUT2D eigenvalue weighted by Crippen LogP contribution is 1.90. The summed E-state index contributed by atoms with van der Waals surface area (Å²) in [5.41, 5.74) is 0. The van der Waals surface area contributed by atoms with Gasteiger partial charge in [0.1, 0.15) is 0 Å². The molecule has 10 heavy (non-hydrogen) atoms. The number of ether oxygens (including phenoxy) is 1. The standard InChI is InChI=1S/C7H11ClO2/c1-2-3-6-10-7(9)4-5-8/h2H,1,3-6H2. The first kappa shape index (κ1) is 9.50. The maximum atomic E-state index is 10.6. The Balaban J connectivity index is 3.13. The van der Waals surface area contributed by atoms with E-state index in [0.29, 0.717) is 25.3 Å². The van der Waals surface area contributed by atoms with Gasteiger partial charge in [0.05, 0.1) is 13.0 Å². The van der Waals surface area contributed by atoms with E-state index in [2.05, 4.69) is 6.58 Å². The fourth-order valence-electron chi connectivity index (χ4n) is 0.405. The van der Waals surface area contributed by atoms with Gasteiger partial charge in [-0.25, -0.2) is 0 Å². The SMILES string of the molecule is C=CCCOC(=O)CCCl. The zero-order valence-electron chi connectivity index (χ0n) is 5.81. The van der Waals surface area contributed by atoms with Crippen LogP contribution in [0, 0.1) is 0 Å². The van der Waals surface area contributed by atoms with Crippen LogP contribution < -0.4 is 0 Å². The zero-order chi connectivity index (χ0) is 7.82. The fraction of sp³-hybridized carbons (Fsp3) is 0.571. The van der Waals surface area contributed by atoms with E-state index in [9.17, 15) is 4.79 Å². The monoisotopic (exact) mass is 162 g/mol. The van der Waals surface area contributed by atoms with Crippen LogP contribution in [0.4, 0.5) is 0 Å². The number of hydrogen-bond donors (Lipinski definition) is 0. The maximum absolute atomic E-state index is 10.6. The Labute approximate surface area is 65.8 Å². The molecule has 2 nitrogen and oxygen atoms in total. The minimum Gasteiger partial charge on any atom is -0.465 e. The number of rotatable bonds is 5.